The van der Waals surface area contributed by atoms with Crippen LogP contribution in [-0.2, 0) is 6.54 Å². The highest BCUT2D eigenvalue weighted by Crippen LogP contribution is 2.30. The van der Waals surface area contributed by atoms with Gasteiger partial charge in [-0.15, -0.1) is 0 Å². The monoisotopic (exact) mass is 338 g/mol. The number of hydrogen-bond acceptors (Lipinski definition) is 3. The fourth-order valence-electron chi connectivity index (χ4n) is 2.95. The number of benzene rings is 2. The topological polar surface area (TPSA) is 52.5 Å². The molecule has 0 unspecified atom stereocenters. The molecule has 25 heavy (non-hydrogen) atoms. The van der Waals surface area contributed by atoms with Crippen LogP contribution < -0.4 is 14.8 Å². The predicted octanol–water partition coefficient (Wildman–Crippen LogP) is 3.48. The molecule has 0 fully saturated rings. The molecule has 0 spiro atoms. The second kappa shape index (κ2) is 7.75. The Bertz CT molecular complexity index is 870. The Morgan fingerprint density at radius 1 is 1.04 bits per heavy atom. The highest BCUT2D eigenvalue weighted by Gasteiger charge is 2.15. The first kappa shape index (κ1) is 16.9. The number of ether oxygens (including phenoxy) is 2. The van der Waals surface area contributed by atoms with Crippen molar-refractivity contribution >= 4 is 16.8 Å². The first-order valence-electron chi connectivity index (χ1n) is 8.27. The van der Waals surface area contributed by atoms with Gasteiger partial charge in [0, 0.05) is 24.8 Å². The van der Waals surface area contributed by atoms with Crippen molar-refractivity contribution in [2.24, 2.45) is 0 Å². The van der Waals surface area contributed by atoms with E-state index in [-0.39, 0.29) is 5.91 Å². The molecule has 1 amide bonds. The van der Waals surface area contributed by atoms with Crippen LogP contribution in [0.5, 0.6) is 11.5 Å². The van der Waals surface area contributed by atoms with E-state index in [1.807, 2.05) is 12.1 Å². The van der Waals surface area contributed by atoms with Crippen molar-refractivity contribution in [2.75, 3.05) is 20.8 Å². The zero-order valence-corrected chi connectivity index (χ0v) is 14.5. The highest BCUT2D eigenvalue weighted by atomic mass is 16.5. The molecule has 0 saturated heterocycles. The SMILES string of the molecule is COc1cccc(C(=O)NCCCn2ccc3ccccc32)c1OC. The molecule has 0 radical (unpaired) electrons. The van der Waals surface area contributed by atoms with E-state index in [1.165, 1.54) is 18.0 Å². The molecule has 5 heteroatoms. The zero-order chi connectivity index (χ0) is 17.6. The minimum absolute atomic E-state index is 0.159. The van der Waals surface area contributed by atoms with Crippen molar-refractivity contribution in [3.8, 4) is 11.5 Å². The van der Waals surface area contributed by atoms with Crippen LogP contribution in [0.25, 0.3) is 10.9 Å². The van der Waals surface area contributed by atoms with E-state index < -0.39 is 0 Å². The molecule has 0 saturated carbocycles. The Labute approximate surface area is 147 Å². The van der Waals surface area contributed by atoms with Crippen molar-refractivity contribution in [3.05, 3.63) is 60.3 Å². The van der Waals surface area contributed by atoms with E-state index in [1.54, 1.807) is 25.3 Å². The van der Waals surface area contributed by atoms with Gasteiger partial charge in [0.05, 0.1) is 19.8 Å². The molecule has 1 heterocycles. The summed E-state index contributed by atoms with van der Waals surface area (Å²) in [5.41, 5.74) is 1.69. The number of fused-ring (bicyclic) bond motifs is 1. The third-order valence-corrected chi connectivity index (χ3v) is 4.19. The lowest BCUT2D eigenvalue weighted by Crippen LogP contribution is -2.25. The Hall–Kier alpha value is -2.95. The number of carbonyl (C=O) groups is 1. The average Bonchev–Trinajstić information content (AvgIpc) is 3.07. The predicted molar refractivity (Wildman–Crippen MR) is 98.4 cm³/mol. The van der Waals surface area contributed by atoms with Gasteiger partial charge in [-0.05, 0) is 36.1 Å². The number of nitrogens with zero attached hydrogens (tertiary/aromatic N) is 1. The van der Waals surface area contributed by atoms with Crippen molar-refractivity contribution in [2.45, 2.75) is 13.0 Å². The summed E-state index contributed by atoms with van der Waals surface area (Å²) >= 11 is 0. The quantitative estimate of drug-likeness (QED) is 0.671. The molecule has 0 aliphatic heterocycles. The number of methoxy groups -OCH3 is 2. The smallest absolute Gasteiger partial charge is 0.255 e. The maximum absolute atomic E-state index is 12.4. The molecule has 130 valence electrons. The van der Waals surface area contributed by atoms with Gasteiger partial charge in [-0.25, -0.2) is 0 Å². The van der Waals surface area contributed by atoms with Gasteiger partial charge >= 0.3 is 0 Å². The van der Waals surface area contributed by atoms with Crippen LogP contribution >= 0.6 is 0 Å². The maximum atomic E-state index is 12.4. The molecule has 0 aliphatic rings. The molecule has 3 rings (SSSR count). The summed E-state index contributed by atoms with van der Waals surface area (Å²) in [5.74, 6) is 0.848. The van der Waals surface area contributed by atoms with Crippen LogP contribution in [-0.4, -0.2) is 31.2 Å². The maximum Gasteiger partial charge on any atom is 0.255 e. The van der Waals surface area contributed by atoms with E-state index >= 15 is 0 Å². The van der Waals surface area contributed by atoms with Crippen molar-refractivity contribution in [3.63, 3.8) is 0 Å². The second-order valence-corrected chi connectivity index (χ2v) is 5.72. The van der Waals surface area contributed by atoms with Gasteiger partial charge in [-0.3, -0.25) is 4.79 Å². The third-order valence-electron chi connectivity index (χ3n) is 4.19. The normalized spacial score (nSPS) is 10.6. The molecule has 5 nitrogen and oxygen atoms in total. The molecule has 0 atom stereocenters. The van der Waals surface area contributed by atoms with Crippen molar-refractivity contribution < 1.29 is 14.3 Å². The lowest BCUT2D eigenvalue weighted by molar-refractivity contribution is 0.0949. The summed E-state index contributed by atoms with van der Waals surface area (Å²) in [6.07, 6.45) is 2.92. The van der Waals surface area contributed by atoms with Gasteiger partial charge < -0.3 is 19.4 Å². The van der Waals surface area contributed by atoms with Crippen molar-refractivity contribution in [1.29, 1.82) is 0 Å². The number of amides is 1. The average molecular weight is 338 g/mol. The Balaban J connectivity index is 1.58. The first-order valence-corrected chi connectivity index (χ1v) is 8.27. The summed E-state index contributed by atoms with van der Waals surface area (Å²) < 4.78 is 12.7. The third kappa shape index (κ3) is 3.60. The van der Waals surface area contributed by atoms with Crippen LogP contribution in [0, 0.1) is 0 Å². The summed E-state index contributed by atoms with van der Waals surface area (Å²) in [6.45, 7) is 1.44. The minimum atomic E-state index is -0.159. The number of rotatable bonds is 7. The Morgan fingerprint density at radius 3 is 2.68 bits per heavy atom. The summed E-state index contributed by atoms with van der Waals surface area (Å²) in [5, 5.41) is 4.18. The van der Waals surface area contributed by atoms with Crippen molar-refractivity contribution in [1.82, 2.24) is 9.88 Å². The number of aromatic nitrogens is 1. The van der Waals surface area contributed by atoms with Gasteiger partial charge in [0.15, 0.2) is 11.5 Å². The summed E-state index contributed by atoms with van der Waals surface area (Å²) in [4.78, 5) is 12.4. The number of carbonyl (C=O) groups excluding carboxylic acids is 1. The highest BCUT2D eigenvalue weighted by molar-refractivity contribution is 5.97. The molecule has 0 bridgehead atoms. The van der Waals surface area contributed by atoms with Crippen LogP contribution in [0.2, 0.25) is 0 Å². The summed E-state index contributed by atoms with van der Waals surface area (Å²) in [6, 6.07) is 15.7. The van der Waals surface area contributed by atoms with Crippen LogP contribution in [0.4, 0.5) is 0 Å². The number of para-hydroxylation sites is 2. The minimum Gasteiger partial charge on any atom is -0.493 e. The number of nitrogens with one attached hydrogen (secondary N) is 1. The lowest BCUT2D eigenvalue weighted by Gasteiger charge is -2.12. The van der Waals surface area contributed by atoms with E-state index in [4.69, 9.17) is 9.47 Å². The van der Waals surface area contributed by atoms with Gasteiger partial charge in [-0.1, -0.05) is 24.3 Å². The first-order chi connectivity index (χ1) is 12.2. The number of hydrogen-bond donors (Lipinski definition) is 1. The van der Waals surface area contributed by atoms with Gasteiger partial charge in [0.1, 0.15) is 0 Å². The van der Waals surface area contributed by atoms with E-state index in [9.17, 15) is 4.79 Å². The lowest BCUT2D eigenvalue weighted by atomic mass is 10.1. The molecule has 0 aliphatic carbocycles. The molecule has 2 aromatic carbocycles. The largest absolute Gasteiger partial charge is 0.493 e. The molecule has 1 aromatic heterocycles. The van der Waals surface area contributed by atoms with E-state index in [0.29, 0.717) is 23.6 Å². The molecule has 1 N–H and O–H groups in total. The van der Waals surface area contributed by atoms with Gasteiger partial charge in [-0.2, -0.15) is 0 Å². The van der Waals surface area contributed by atoms with Crippen LogP contribution in [0.1, 0.15) is 16.8 Å². The van der Waals surface area contributed by atoms with Crippen LogP contribution in [0.15, 0.2) is 54.7 Å². The standard InChI is InChI=1S/C20H22N2O3/c1-24-18-10-5-8-16(19(18)25-2)20(23)21-12-6-13-22-14-11-15-7-3-4-9-17(15)22/h3-5,7-11,14H,6,12-13H2,1-2H3,(H,21,23). The molecule has 3 aromatic rings. The Morgan fingerprint density at radius 2 is 1.88 bits per heavy atom. The Kier molecular flexibility index (Phi) is 5.23. The number of aryl methyl sites for hydroxylation is 1. The van der Waals surface area contributed by atoms with Crippen LogP contribution in [0.3, 0.4) is 0 Å². The fourth-order valence-corrected chi connectivity index (χ4v) is 2.95. The second-order valence-electron chi connectivity index (χ2n) is 5.72. The van der Waals surface area contributed by atoms with Gasteiger partial charge in [0.2, 0.25) is 0 Å². The van der Waals surface area contributed by atoms with E-state index in [2.05, 4.69) is 34.3 Å². The summed E-state index contributed by atoms with van der Waals surface area (Å²) in [7, 11) is 3.09. The zero-order valence-electron chi connectivity index (χ0n) is 14.5. The van der Waals surface area contributed by atoms with E-state index in [0.717, 1.165) is 13.0 Å². The fraction of sp³-hybridized carbons (Fsp3) is 0.250. The molecular weight excluding hydrogens is 316 g/mol. The van der Waals surface area contributed by atoms with Gasteiger partial charge in [0.25, 0.3) is 5.91 Å². The molecular formula is C20H22N2O3.